The van der Waals surface area contributed by atoms with E-state index in [1.54, 1.807) is 12.1 Å². The number of hydrogen-bond acceptors (Lipinski definition) is 4. The molecule has 1 aromatic heterocycles. The predicted octanol–water partition coefficient (Wildman–Crippen LogP) is 7.26. The second-order valence-corrected chi connectivity index (χ2v) is 11.3. The van der Waals surface area contributed by atoms with E-state index in [-0.39, 0.29) is 50.1 Å². The van der Waals surface area contributed by atoms with Gasteiger partial charge in [-0.2, -0.15) is 26.3 Å². The van der Waals surface area contributed by atoms with E-state index in [0.29, 0.717) is 42.1 Å². The first-order valence-corrected chi connectivity index (χ1v) is 13.5. The molecule has 0 atom stereocenters. The lowest BCUT2D eigenvalue weighted by molar-refractivity contribution is -0.207. The van der Waals surface area contributed by atoms with Crippen LogP contribution < -0.4 is 4.90 Å². The van der Waals surface area contributed by atoms with Gasteiger partial charge in [0.05, 0.1) is 23.8 Å². The highest BCUT2D eigenvalue weighted by Crippen LogP contribution is 2.45. The van der Waals surface area contributed by atoms with Crippen molar-refractivity contribution >= 4 is 17.3 Å². The fraction of sp³-hybridized carbons (Fsp3) is 0.481. The number of nitrogens with zero attached hydrogens (tertiary/aromatic N) is 5. The minimum atomic E-state index is -5.17. The SMILES string of the molecule is Fc1ccc(N2CCC(c3nnc4n3-c3ccc(Cl)cc3CN(C3CC(C(F)(F)F)C3)C4)CC2)c(F)c1C(F)(F)F. The first-order chi connectivity index (χ1) is 19.3. The molecule has 6 rings (SSSR count). The summed E-state index contributed by atoms with van der Waals surface area (Å²) in [6.07, 6.45) is -8.54. The van der Waals surface area contributed by atoms with Crippen LogP contribution >= 0.6 is 11.6 Å². The number of hydrogen-bond donors (Lipinski definition) is 0. The third-order valence-corrected chi connectivity index (χ3v) is 8.64. The van der Waals surface area contributed by atoms with Crippen molar-refractivity contribution in [1.82, 2.24) is 19.7 Å². The van der Waals surface area contributed by atoms with Crippen molar-refractivity contribution in [2.75, 3.05) is 18.0 Å². The molecule has 2 aliphatic heterocycles. The van der Waals surface area contributed by atoms with Gasteiger partial charge in [0.2, 0.25) is 0 Å². The summed E-state index contributed by atoms with van der Waals surface area (Å²) in [5.74, 6) is -3.62. The van der Waals surface area contributed by atoms with Crippen molar-refractivity contribution in [2.45, 2.75) is 63.1 Å². The minimum absolute atomic E-state index is 0.00878. The number of benzene rings is 2. The highest BCUT2D eigenvalue weighted by atomic mass is 35.5. The molecular weight excluding hydrogens is 582 g/mol. The molecule has 0 N–H and O–H groups in total. The monoisotopic (exact) mass is 605 g/mol. The summed E-state index contributed by atoms with van der Waals surface area (Å²) < 4.78 is 110. The Labute approximate surface area is 234 Å². The Balaban J connectivity index is 1.25. The molecule has 1 saturated carbocycles. The van der Waals surface area contributed by atoms with Crippen LogP contribution in [0.1, 0.15) is 54.4 Å². The Bertz CT molecular complexity index is 1460. The largest absolute Gasteiger partial charge is 0.422 e. The molecule has 2 fully saturated rings. The van der Waals surface area contributed by atoms with Crippen molar-refractivity contribution in [3.05, 3.63) is 69.8 Å². The minimum Gasteiger partial charge on any atom is -0.369 e. The van der Waals surface area contributed by atoms with Gasteiger partial charge in [0.25, 0.3) is 0 Å². The molecule has 0 unspecified atom stereocenters. The maximum Gasteiger partial charge on any atom is 0.422 e. The Morgan fingerprint density at radius 1 is 0.854 bits per heavy atom. The number of fused-ring (bicyclic) bond motifs is 3. The van der Waals surface area contributed by atoms with Crippen molar-refractivity contribution in [3.8, 4) is 5.69 Å². The van der Waals surface area contributed by atoms with Crippen molar-refractivity contribution in [1.29, 1.82) is 0 Å². The van der Waals surface area contributed by atoms with Crippen LogP contribution in [0.5, 0.6) is 0 Å². The number of alkyl halides is 6. The van der Waals surface area contributed by atoms with Crippen LogP contribution in [0.2, 0.25) is 5.02 Å². The quantitative estimate of drug-likeness (QED) is 0.295. The van der Waals surface area contributed by atoms with E-state index >= 15 is 0 Å². The van der Waals surface area contributed by atoms with Gasteiger partial charge in [-0.25, -0.2) is 8.78 Å². The molecule has 3 aliphatic rings. The standard InChI is InChI=1S/C27H24ClF8N5/c28-17-1-3-20-15(9-17)12-40(18-10-16(11-18)26(31,32)33)13-22-37-38-25(41(20)22)14-5-7-39(8-6-14)21-4-2-19(29)23(24(21)30)27(34,35)36/h1-4,9,14,16,18H,5-8,10-13H2. The van der Waals surface area contributed by atoms with Gasteiger partial charge in [0.15, 0.2) is 11.6 Å². The predicted molar refractivity (Wildman–Crippen MR) is 134 cm³/mol. The second-order valence-electron chi connectivity index (χ2n) is 10.9. The van der Waals surface area contributed by atoms with E-state index in [1.165, 1.54) is 4.90 Å². The van der Waals surface area contributed by atoms with Gasteiger partial charge in [-0.05, 0) is 61.6 Å². The highest BCUT2D eigenvalue weighted by molar-refractivity contribution is 6.30. The summed E-state index contributed by atoms with van der Waals surface area (Å²) in [5.41, 5.74) is -0.642. The van der Waals surface area contributed by atoms with Crippen LogP contribution in [0.4, 0.5) is 40.8 Å². The Morgan fingerprint density at radius 3 is 2.20 bits per heavy atom. The van der Waals surface area contributed by atoms with Crippen molar-refractivity contribution < 1.29 is 35.1 Å². The first-order valence-electron chi connectivity index (χ1n) is 13.1. The lowest BCUT2D eigenvalue weighted by atomic mass is 9.78. The zero-order valence-electron chi connectivity index (χ0n) is 21.4. The van der Waals surface area contributed by atoms with Crippen LogP contribution in [0, 0.1) is 17.6 Å². The smallest absolute Gasteiger partial charge is 0.369 e. The molecule has 0 spiro atoms. The van der Waals surface area contributed by atoms with Gasteiger partial charge in [-0.1, -0.05) is 11.6 Å². The summed E-state index contributed by atoms with van der Waals surface area (Å²) >= 11 is 6.28. The molecular formula is C27H24ClF8N5. The molecule has 0 radical (unpaired) electrons. The molecule has 0 amide bonds. The molecule has 1 saturated heterocycles. The third-order valence-electron chi connectivity index (χ3n) is 8.40. The lowest BCUT2D eigenvalue weighted by Crippen LogP contribution is -2.48. The van der Waals surface area contributed by atoms with Crippen LogP contribution in [0.15, 0.2) is 30.3 Å². The van der Waals surface area contributed by atoms with E-state index < -0.39 is 35.5 Å². The maximum atomic E-state index is 14.8. The van der Waals surface area contributed by atoms with Crippen LogP contribution in [-0.4, -0.2) is 45.0 Å². The lowest BCUT2D eigenvalue weighted by Gasteiger charge is -2.43. The van der Waals surface area contributed by atoms with E-state index in [4.69, 9.17) is 11.6 Å². The number of halogens is 9. The van der Waals surface area contributed by atoms with Crippen LogP contribution in [0.3, 0.4) is 0 Å². The molecule has 220 valence electrons. The fourth-order valence-electron chi connectivity index (χ4n) is 6.15. The maximum absolute atomic E-state index is 14.8. The summed E-state index contributed by atoms with van der Waals surface area (Å²) in [7, 11) is 0. The van der Waals surface area contributed by atoms with Crippen molar-refractivity contribution in [2.24, 2.45) is 5.92 Å². The number of anilines is 1. The highest BCUT2D eigenvalue weighted by Gasteiger charge is 2.50. The summed E-state index contributed by atoms with van der Waals surface area (Å²) in [5, 5.41) is 9.30. The zero-order valence-corrected chi connectivity index (χ0v) is 22.2. The molecule has 5 nitrogen and oxygen atoms in total. The Morgan fingerprint density at radius 2 is 1.54 bits per heavy atom. The molecule has 3 heterocycles. The number of aromatic nitrogens is 3. The number of rotatable bonds is 3. The van der Waals surface area contributed by atoms with Crippen molar-refractivity contribution in [3.63, 3.8) is 0 Å². The van der Waals surface area contributed by atoms with E-state index in [9.17, 15) is 35.1 Å². The van der Waals surface area contributed by atoms with Crippen LogP contribution in [0.25, 0.3) is 5.69 Å². The normalized spacial score (nSPS) is 22.2. The molecule has 14 heteroatoms. The van der Waals surface area contributed by atoms with Gasteiger partial charge in [-0.3, -0.25) is 9.47 Å². The van der Waals surface area contributed by atoms with Gasteiger partial charge < -0.3 is 4.90 Å². The summed E-state index contributed by atoms with van der Waals surface area (Å²) in [4.78, 5) is 3.43. The van der Waals surface area contributed by atoms with Gasteiger partial charge >= 0.3 is 12.4 Å². The molecule has 1 aliphatic carbocycles. The molecule has 41 heavy (non-hydrogen) atoms. The first kappa shape index (κ1) is 28.2. The molecule has 3 aromatic rings. The van der Waals surface area contributed by atoms with E-state index in [2.05, 4.69) is 10.2 Å². The van der Waals surface area contributed by atoms with E-state index in [1.807, 2.05) is 15.5 Å². The fourth-order valence-corrected chi connectivity index (χ4v) is 6.35. The van der Waals surface area contributed by atoms with Gasteiger partial charge in [0.1, 0.15) is 17.2 Å². The topological polar surface area (TPSA) is 37.2 Å². The average molecular weight is 606 g/mol. The molecule has 2 aromatic carbocycles. The second kappa shape index (κ2) is 10.1. The zero-order chi connectivity index (χ0) is 29.3. The number of piperidine rings is 1. The van der Waals surface area contributed by atoms with Gasteiger partial charge in [0, 0.05) is 36.6 Å². The van der Waals surface area contributed by atoms with E-state index in [0.717, 1.165) is 17.3 Å². The average Bonchev–Trinajstić information content (AvgIpc) is 3.18. The van der Waals surface area contributed by atoms with Crippen LogP contribution in [-0.2, 0) is 19.3 Å². The Hall–Kier alpha value is -2.93. The summed E-state index contributed by atoms with van der Waals surface area (Å²) in [6, 6.07) is 6.68. The van der Waals surface area contributed by atoms with Gasteiger partial charge in [-0.15, -0.1) is 10.2 Å². The Kier molecular flexibility index (Phi) is 6.95. The molecule has 0 bridgehead atoms. The third kappa shape index (κ3) is 5.15. The summed E-state index contributed by atoms with van der Waals surface area (Å²) in [6.45, 7) is 1.08.